The van der Waals surface area contributed by atoms with E-state index in [1.165, 1.54) is 12.8 Å². The molecule has 17 heavy (non-hydrogen) atoms. The van der Waals surface area contributed by atoms with Gasteiger partial charge in [0.25, 0.3) is 0 Å². The largest absolute Gasteiger partial charge is 0.154 e. The molecular weight excluding hydrogens is 208 g/mol. The van der Waals surface area contributed by atoms with Crippen molar-refractivity contribution in [1.29, 1.82) is 0 Å². The van der Waals surface area contributed by atoms with Gasteiger partial charge in [-0.15, -0.1) is 5.10 Å². The molecule has 1 aromatic carbocycles. The standard InChI is InChI=1S/C15H12N2/c1-2-4-12(5-3-1)6-9-14-10-11-15(17-16-14)13-7-8-13/h1-5,10-11,13H,7-8H2. The van der Waals surface area contributed by atoms with Crippen LogP contribution in [-0.2, 0) is 0 Å². The van der Waals surface area contributed by atoms with Crippen LogP contribution in [0.5, 0.6) is 0 Å². The molecule has 0 unspecified atom stereocenters. The van der Waals surface area contributed by atoms with Crippen LogP contribution in [0.15, 0.2) is 42.5 Å². The van der Waals surface area contributed by atoms with E-state index in [2.05, 4.69) is 22.0 Å². The Kier molecular flexibility index (Phi) is 2.59. The first-order valence-electron chi connectivity index (χ1n) is 5.82. The topological polar surface area (TPSA) is 25.8 Å². The van der Waals surface area contributed by atoms with Crippen molar-refractivity contribution >= 4 is 0 Å². The summed E-state index contributed by atoms with van der Waals surface area (Å²) in [7, 11) is 0. The molecule has 1 aromatic heterocycles. The fourth-order valence-electron chi connectivity index (χ4n) is 1.66. The Hall–Kier alpha value is -2.14. The van der Waals surface area contributed by atoms with E-state index in [1.54, 1.807) is 0 Å². The SMILES string of the molecule is C(#Cc1ccc(C2CC2)nn1)c1ccccc1. The Morgan fingerprint density at radius 3 is 2.35 bits per heavy atom. The Labute approximate surface area is 101 Å². The van der Waals surface area contributed by atoms with Crippen molar-refractivity contribution in [2.45, 2.75) is 18.8 Å². The van der Waals surface area contributed by atoms with Gasteiger partial charge in [0.05, 0.1) is 5.69 Å². The van der Waals surface area contributed by atoms with Crippen LogP contribution < -0.4 is 0 Å². The van der Waals surface area contributed by atoms with E-state index in [0.29, 0.717) is 5.92 Å². The summed E-state index contributed by atoms with van der Waals surface area (Å²) in [6.07, 6.45) is 2.51. The Bertz CT molecular complexity index is 557. The number of hydrogen-bond donors (Lipinski definition) is 0. The first kappa shape index (κ1) is 10.0. The molecule has 1 fully saturated rings. The molecule has 0 N–H and O–H groups in total. The summed E-state index contributed by atoms with van der Waals surface area (Å²) in [5.41, 5.74) is 2.84. The fourth-order valence-corrected chi connectivity index (χ4v) is 1.66. The molecule has 2 heteroatoms. The van der Waals surface area contributed by atoms with Crippen LogP contribution in [0.3, 0.4) is 0 Å². The second kappa shape index (κ2) is 4.39. The number of hydrogen-bond acceptors (Lipinski definition) is 2. The summed E-state index contributed by atoms with van der Waals surface area (Å²) in [5, 5.41) is 8.33. The van der Waals surface area contributed by atoms with E-state index in [1.807, 2.05) is 42.5 Å². The third kappa shape index (κ3) is 2.51. The minimum Gasteiger partial charge on any atom is -0.154 e. The van der Waals surface area contributed by atoms with Gasteiger partial charge in [0.2, 0.25) is 0 Å². The van der Waals surface area contributed by atoms with Crippen LogP contribution >= 0.6 is 0 Å². The summed E-state index contributed by atoms with van der Waals surface area (Å²) >= 11 is 0. The highest BCUT2D eigenvalue weighted by Crippen LogP contribution is 2.38. The van der Waals surface area contributed by atoms with Crippen molar-refractivity contribution in [2.24, 2.45) is 0 Å². The molecule has 0 aliphatic heterocycles. The molecule has 0 atom stereocenters. The fraction of sp³-hybridized carbons (Fsp3) is 0.200. The second-order valence-corrected chi connectivity index (χ2v) is 4.23. The van der Waals surface area contributed by atoms with E-state index in [-0.39, 0.29) is 0 Å². The molecule has 1 aliphatic rings. The molecule has 2 nitrogen and oxygen atoms in total. The first-order valence-corrected chi connectivity index (χ1v) is 5.82. The maximum Gasteiger partial charge on any atom is 0.136 e. The summed E-state index contributed by atoms with van der Waals surface area (Å²) in [6, 6.07) is 13.9. The van der Waals surface area contributed by atoms with E-state index < -0.39 is 0 Å². The number of nitrogens with zero attached hydrogens (tertiary/aromatic N) is 2. The molecule has 82 valence electrons. The molecule has 0 amide bonds. The first-order chi connectivity index (χ1) is 8.42. The van der Waals surface area contributed by atoms with E-state index in [0.717, 1.165) is 17.0 Å². The van der Waals surface area contributed by atoms with Crippen LogP contribution in [0.1, 0.15) is 35.7 Å². The van der Waals surface area contributed by atoms with Crippen LogP contribution in [0.2, 0.25) is 0 Å². The summed E-state index contributed by atoms with van der Waals surface area (Å²) in [6.45, 7) is 0. The van der Waals surface area contributed by atoms with Gasteiger partial charge < -0.3 is 0 Å². The molecule has 1 heterocycles. The molecule has 0 bridgehead atoms. The lowest BCUT2D eigenvalue weighted by Gasteiger charge is -1.94. The predicted molar refractivity (Wildman–Crippen MR) is 66.4 cm³/mol. The molecule has 0 radical (unpaired) electrons. The summed E-state index contributed by atoms with van der Waals surface area (Å²) in [5.74, 6) is 6.75. The predicted octanol–water partition coefficient (Wildman–Crippen LogP) is 2.75. The van der Waals surface area contributed by atoms with E-state index in [4.69, 9.17) is 0 Å². The quantitative estimate of drug-likeness (QED) is 0.691. The lowest BCUT2D eigenvalue weighted by Crippen LogP contribution is -1.92. The molecule has 1 aliphatic carbocycles. The van der Waals surface area contributed by atoms with Crippen LogP contribution in [0.25, 0.3) is 0 Å². The summed E-state index contributed by atoms with van der Waals surface area (Å²) in [4.78, 5) is 0. The average Bonchev–Trinajstić information content (AvgIpc) is 3.23. The van der Waals surface area contributed by atoms with Gasteiger partial charge in [-0.1, -0.05) is 24.1 Å². The van der Waals surface area contributed by atoms with E-state index in [9.17, 15) is 0 Å². The average molecular weight is 220 g/mol. The lowest BCUT2D eigenvalue weighted by molar-refractivity contribution is 0.902. The van der Waals surface area contributed by atoms with E-state index >= 15 is 0 Å². The smallest absolute Gasteiger partial charge is 0.136 e. The van der Waals surface area contributed by atoms with Crippen LogP contribution in [0.4, 0.5) is 0 Å². The van der Waals surface area contributed by atoms with Crippen molar-refractivity contribution < 1.29 is 0 Å². The Balaban J connectivity index is 1.79. The number of aromatic nitrogens is 2. The Morgan fingerprint density at radius 1 is 0.882 bits per heavy atom. The summed E-state index contributed by atoms with van der Waals surface area (Å²) < 4.78 is 0. The lowest BCUT2D eigenvalue weighted by atomic mass is 10.2. The molecule has 0 saturated heterocycles. The van der Waals surface area contributed by atoms with Crippen LogP contribution in [-0.4, -0.2) is 10.2 Å². The maximum absolute atomic E-state index is 4.20. The number of benzene rings is 1. The monoisotopic (exact) mass is 220 g/mol. The zero-order valence-corrected chi connectivity index (χ0v) is 9.43. The van der Waals surface area contributed by atoms with Crippen molar-refractivity contribution in [3.8, 4) is 11.8 Å². The van der Waals surface area contributed by atoms with Gasteiger partial charge >= 0.3 is 0 Å². The minimum atomic E-state index is 0.652. The van der Waals surface area contributed by atoms with Gasteiger partial charge in [-0.3, -0.25) is 0 Å². The van der Waals surface area contributed by atoms with Crippen molar-refractivity contribution in [3.63, 3.8) is 0 Å². The molecule has 2 aromatic rings. The highest BCUT2D eigenvalue weighted by molar-refractivity contribution is 5.39. The van der Waals surface area contributed by atoms with Crippen molar-refractivity contribution in [2.75, 3.05) is 0 Å². The zero-order chi connectivity index (χ0) is 11.5. The zero-order valence-electron chi connectivity index (χ0n) is 9.43. The normalized spacial score (nSPS) is 13.9. The van der Waals surface area contributed by atoms with Gasteiger partial charge in [-0.2, -0.15) is 5.10 Å². The molecule has 3 rings (SSSR count). The van der Waals surface area contributed by atoms with Gasteiger partial charge in [0.15, 0.2) is 0 Å². The van der Waals surface area contributed by atoms with Gasteiger partial charge in [-0.25, -0.2) is 0 Å². The maximum atomic E-state index is 4.20. The Morgan fingerprint density at radius 2 is 1.71 bits per heavy atom. The highest BCUT2D eigenvalue weighted by atomic mass is 15.1. The minimum absolute atomic E-state index is 0.652. The highest BCUT2D eigenvalue weighted by Gasteiger charge is 2.24. The molecular formula is C15H12N2. The third-order valence-corrected chi connectivity index (χ3v) is 2.79. The van der Waals surface area contributed by atoms with Gasteiger partial charge in [0, 0.05) is 11.5 Å². The van der Waals surface area contributed by atoms with Gasteiger partial charge in [0.1, 0.15) is 5.69 Å². The second-order valence-electron chi connectivity index (χ2n) is 4.23. The van der Waals surface area contributed by atoms with Crippen LogP contribution in [0, 0.1) is 11.8 Å². The van der Waals surface area contributed by atoms with Crippen molar-refractivity contribution in [3.05, 3.63) is 59.4 Å². The third-order valence-electron chi connectivity index (χ3n) is 2.79. The number of rotatable bonds is 1. The van der Waals surface area contributed by atoms with Gasteiger partial charge in [-0.05, 0) is 43.0 Å². The molecule has 1 saturated carbocycles. The van der Waals surface area contributed by atoms with Crippen molar-refractivity contribution in [1.82, 2.24) is 10.2 Å². The molecule has 0 spiro atoms.